The molecule has 1 aromatic carbocycles. The van der Waals surface area contributed by atoms with Gasteiger partial charge in [0.2, 0.25) is 5.91 Å². The molecule has 150 valence electrons. The SMILES string of the molecule is CCNC(=S)NC1=C(N2CCCC2=O)c2c(ccc([N+](=O)[O-])c2C)OC1(C)C. The predicted octanol–water partition coefficient (Wildman–Crippen LogP) is 2.85. The Morgan fingerprint density at radius 3 is 2.71 bits per heavy atom. The highest BCUT2D eigenvalue weighted by molar-refractivity contribution is 7.80. The maximum absolute atomic E-state index is 12.6. The fourth-order valence-corrected chi connectivity index (χ4v) is 3.92. The van der Waals surface area contributed by atoms with E-state index in [1.807, 2.05) is 20.8 Å². The molecule has 0 unspecified atom stereocenters. The van der Waals surface area contributed by atoms with Gasteiger partial charge in [-0.05, 0) is 52.4 Å². The van der Waals surface area contributed by atoms with Gasteiger partial charge in [0.05, 0.1) is 21.9 Å². The highest BCUT2D eigenvalue weighted by atomic mass is 32.1. The molecule has 0 spiro atoms. The first-order chi connectivity index (χ1) is 13.2. The van der Waals surface area contributed by atoms with Crippen LogP contribution in [0.2, 0.25) is 0 Å². The third-order valence-electron chi connectivity index (χ3n) is 4.95. The number of nitro groups is 1. The van der Waals surface area contributed by atoms with E-state index in [0.29, 0.717) is 52.9 Å². The van der Waals surface area contributed by atoms with Crippen molar-refractivity contribution in [2.45, 2.75) is 46.1 Å². The van der Waals surface area contributed by atoms with Gasteiger partial charge in [-0.15, -0.1) is 0 Å². The molecule has 2 N–H and O–H groups in total. The van der Waals surface area contributed by atoms with Gasteiger partial charge < -0.3 is 20.3 Å². The number of hydrogen-bond donors (Lipinski definition) is 2. The maximum Gasteiger partial charge on any atom is 0.273 e. The fraction of sp³-hybridized carbons (Fsp3) is 0.474. The van der Waals surface area contributed by atoms with Crippen molar-refractivity contribution in [2.24, 2.45) is 0 Å². The van der Waals surface area contributed by atoms with Crippen LogP contribution in [0.3, 0.4) is 0 Å². The molecule has 0 radical (unpaired) electrons. The maximum atomic E-state index is 12.6. The lowest BCUT2D eigenvalue weighted by Crippen LogP contribution is -2.48. The molecule has 28 heavy (non-hydrogen) atoms. The molecule has 1 saturated heterocycles. The molecular formula is C19H24N4O4S. The van der Waals surface area contributed by atoms with Crippen LogP contribution in [-0.4, -0.2) is 39.5 Å². The Balaban J connectivity index is 2.28. The molecule has 0 bridgehead atoms. The average molecular weight is 404 g/mol. The van der Waals surface area contributed by atoms with E-state index in [0.717, 1.165) is 6.42 Å². The number of rotatable bonds is 4. The molecule has 3 rings (SSSR count). The molecule has 2 heterocycles. The lowest BCUT2D eigenvalue weighted by atomic mass is 9.91. The lowest BCUT2D eigenvalue weighted by molar-refractivity contribution is -0.385. The van der Waals surface area contributed by atoms with E-state index < -0.39 is 10.5 Å². The molecule has 0 atom stereocenters. The Bertz CT molecular complexity index is 894. The number of nitro benzene ring substituents is 1. The second-order valence-corrected chi connectivity index (χ2v) is 7.72. The minimum atomic E-state index is -0.812. The molecule has 1 fully saturated rings. The minimum Gasteiger partial charge on any atom is -0.481 e. The number of thiocarbonyl (C=S) groups is 1. The van der Waals surface area contributed by atoms with E-state index in [9.17, 15) is 14.9 Å². The molecule has 2 aliphatic rings. The van der Waals surface area contributed by atoms with Crippen molar-refractivity contribution < 1.29 is 14.5 Å². The molecule has 2 aliphatic heterocycles. The van der Waals surface area contributed by atoms with Gasteiger partial charge in [0.15, 0.2) is 5.11 Å². The molecular weight excluding hydrogens is 380 g/mol. The number of carbonyl (C=O) groups is 1. The first kappa shape index (κ1) is 20.1. The third kappa shape index (κ3) is 3.42. The van der Waals surface area contributed by atoms with Gasteiger partial charge in [0.1, 0.15) is 11.4 Å². The Morgan fingerprint density at radius 2 is 2.14 bits per heavy atom. The zero-order chi connectivity index (χ0) is 20.6. The van der Waals surface area contributed by atoms with Gasteiger partial charge in [0, 0.05) is 31.1 Å². The first-order valence-corrected chi connectivity index (χ1v) is 9.65. The van der Waals surface area contributed by atoms with Crippen LogP contribution in [0.5, 0.6) is 5.75 Å². The summed E-state index contributed by atoms with van der Waals surface area (Å²) in [6.07, 6.45) is 1.18. The van der Waals surface area contributed by atoms with Crippen LogP contribution in [0.4, 0.5) is 5.69 Å². The van der Waals surface area contributed by atoms with Crippen LogP contribution < -0.4 is 15.4 Å². The van der Waals surface area contributed by atoms with Crippen molar-refractivity contribution in [2.75, 3.05) is 13.1 Å². The van der Waals surface area contributed by atoms with Crippen LogP contribution in [0.25, 0.3) is 5.70 Å². The van der Waals surface area contributed by atoms with Gasteiger partial charge in [0.25, 0.3) is 5.69 Å². The van der Waals surface area contributed by atoms with Gasteiger partial charge in [-0.1, -0.05) is 0 Å². The number of hydrogen-bond acceptors (Lipinski definition) is 5. The Kier molecular flexibility index (Phi) is 5.29. The topological polar surface area (TPSA) is 96.7 Å². The third-order valence-corrected chi connectivity index (χ3v) is 5.20. The van der Waals surface area contributed by atoms with Crippen LogP contribution in [0, 0.1) is 17.0 Å². The first-order valence-electron chi connectivity index (χ1n) is 9.24. The van der Waals surface area contributed by atoms with E-state index in [-0.39, 0.29) is 11.6 Å². The zero-order valence-electron chi connectivity index (χ0n) is 16.4. The summed E-state index contributed by atoms with van der Waals surface area (Å²) < 4.78 is 6.18. The average Bonchev–Trinajstić information content (AvgIpc) is 3.01. The van der Waals surface area contributed by atoms with Crippen LogP contribution in [0.1, 0.15) is 44.7 Å². The molecule has 0 aliphatic carbocycles. The second-order valence-electron chi connectivity index (χ2n) is 7.31. The van der Waals surface area contributed by atoms with E-state index >= 15 is 0 Å². The van der Waals surface area contributed by atoms with Crippen LogP contribution >= 0.6 is 12.2 Å². The highest BCUT2D eigenvalue weighted by Gasteiger charge is 2.42. The summed E-state index contributed by atoms with van der Waals surface area (Å²) in [6.45, 7) is 8.55. The number of nitrogens with one attached hydrogen (secondary N) is 2. The summed E-state index contributed by atoms with van der Waals surface area (Å²) in [5.74, 6) is 0.501. The van der Waals surface area contributed by atoms with Crippen LogP contribution in [0.15, 0.2) is 17.8 Å². The number of benzene rings is 1. The summed E-state index contributed by atoms with van der Waals surface area (Å²) in [7, 11) is 0. The molecule has 9 heteroatoms. The number of ether oxygens (including phenoxy) is 1. The number of fused-ring (bicyclic) bond motifs is 1. The fourth-order valence-electron chi connectivity index (χ4n) is 3.67. The molecule has 8 nitrogen and oxygen atoms in total. The van der Waals surface area contributed by atoms with Crippen molar-refractivity contribution in [1.29, 1.82) is 0 Å². The second kappa shape index (κ2) is 7.38. The summed E-state index contributed by atoms with van der Waals surface area (Å²) in [6, 6.07) is 3.04. The molecule has 0 saturated carbocycles. The number of carbonyl (C=O) groups excluding carboxylic acids is 1. The lowest BCUT2D eigenvalue weighted by Gasteiger charge is -2.40. The summed E-state index contributed by atoms with van der Waals surface area (Å²) >= 11 is 5.37. The summed E-state index contributed by atoms with van der Waals surface area (Å²) in [5.41, 5.74) is 1.42. The predicted molar refractivity (Wildman–Crippen MR) is 110 cm³/mol. The normalized spacial score (nSPS) is 17.9. The van der Waals surface area contributed by atoms with Gasteiger partial charge in [-0.2, -0.15) is 0 Å². The number of amides is 1. The monoisotopic (exact) mass is 404 g/mol. The highest BCUT2D eigenvalue weighted by Crippen LogP contribution is 2.46. The Hall–Kier alpha value is -2.68. The van der Waals surface area contributed by atoms with Gasteiger partial charge in [-0.25, -0.2) is 0 Å². The van der Waals surface area contributed by atoms with E-state index in [4.69, 9.17) is 17.0 Å². The zero-order valence-corrected chi connectivity index (χ0v) is 17.2. The number of likely N-dealkylation sites (tertiary alicyclic amines) is 1. The Morgan fingerprint density at radius 1 is 1.43 bits per heavy atom. The van der Waals surface area contributed by atoms with Crippen molar-refractivity contribution in [3.8, 4) is 5.75 Å². The summed E-state index contributed by atoms with van der Waals surface area (Å²) in [4.78, 5) is 25.4. The number of nitrogens with zero attached hydrogens (tertiary/aromatic N) is 2. The van der Waals surface area contributed by atoms with E-state index in [1.54, 1.807) is 17.9 Å². The van der Waals surface area contributed by atoms with Crippen molar-refractivity contribution >= 4 is 34.6 Å². The molecule has 1 amide bonds. The Labute approximate surface area is 169 Å². The minimum absolute atomic E-state index is 0.0141. The van der Waals surface area contributed by atoms with Gasteiger partial charge in [-0.3, -0.25) is 14.9 Å². The van der Waals surface area contributed by atoms with Crippen LogP contribution in [-0.2, 0) is 4.79 Å². The van der Waals surface area contributed by atoms with E-state index in [2.05, 4.69) is 10.6 Å². The smallest absolute Gasteiger partial charge is 0.273 e. The standard InChI is InChI=1S/C19H24N4O4S/c1-5-20-18(28)21-17-16(22-10-6-7-14(22)24)15-11(2)12(23(25)26)8-9-13(15)27-19(17,3)4/h8-9H,5-7,10H2,1-4H3,(H2,20,21,28). The van der Waals surface area contributed by atoms with Crippen molar-refractivity contribution in [1.82, 2.24) is 15.5 Å². The molecule has 0 aromatic heterocycles. The molecule has 1 aromatic rings. The van der Waals surface area contributed by atoms with Gasteiger partial charge >= 0.3 is 0 Å². The van der Waals surface area contributed by atoms with Crippen molar-refractivity contribution in [3.05, 3.63) is 39.1 Å². The van der Waals surface area contributed by atoms with Crippen molar-refractivity contribution in [3.63, 3.8) is 0 Å². The largest absolute Gasteiger partial charge is 0.481 e. The summed E-state index contributed by atoms with van der Waals surface area (Å²) in [5, 5.41) is 18.1. The quantitative estimate of drug-likeness (QED) is 0.452. The van der Waals surface area contributed by atoms with E-state index in [1.165, 1.54) is 6.07 Å².